The molecule has 4 aromatic carbocycles. The molecule has 0 N–H and O–H groups in total. The fraction of sp³-hybridized carbons (Fsp3) is 0.231. The number of nitrogens with zero attached hydrogens (tertiary/aromatic N) is 4. The number of hydrogen-bond donors (Lipinski definition) is 0. The van der Waals surface area contributed by atoms with E-state index >= 15 is 0 Å². The summed E-state index contributed by atoms with van der Waals surface area (Å²) < 4.78 is 13.3. The summed E-state index contributed by atoms with van der Waals surface area (Å²) >= 11 is 0. The highest BCUT2D eigenvalue weighted by molar-refractivity contribution is 6.09. The summed E-state index contributed by atoms with van der Waals surface area (Å²) in [6, 6.07) is 34.2. The summed E-state index contributed by atoms with van der Waals surface area (Å²) in [6.07, 6.45) is 4.07. The first-order valence-electron chi connectivity index (χ1n) is 15.3. The minimum atomic E-state index is -0.0494. The van der Waals surface area contributed by atoms with E-state index in [2.05, 4.69) is 166 Å². The second-order valence-electron chi connectivity index (χ2n) is 13.8. The lowest BCUT2D eigenvalue weighted by Crippen LogP contribution is -2.25. The first-order chi connectivity index (χ1) is 21.0. The predicted octanol–water partition coefficient (Wildman–Crippen LogP) is 9.33. The van der Waals surface area contributed by atoms with E-state index in [0.29, 0.717) is 0 Å². The van der Waals surface area contributed by atoms with Gasteiger partial charge in [0.2, 0.25) is 6.33 Å². The molecule has 7 aromatic rings. The molecule has 0 atom stereocenters. The van der Waals surface area contributed by atoms with Crippen molar-refractivity contribution >= 4 is 32.8 Å². The van der Waals surface area contributed by atoms with Crippen LogP contribution in [-0.4, -0.2) is 14.1 Å². The number of aryl methyl sites for hydroxylation is 1. The van der Waals surface area contributed by atoms with E-state index in [1.54, 1.807) is 0 Å². The number of aromatic nitrogens is 4. The molecule has 0 aliphatic carbocycles. The molecule has 0 aliphatic heterocycles. The van der Waals surface area contributed by atoms with E-state index in [1.165, 1.54) is 27.4 Å². The minimum absolute atomic E-state index is 0.0176. The summed E-state index contributed by atoms with van der Waals surface area (Å²) in [7, 11) is 2.09. The molecular formula is C39H39N4O+. The maximum absolute atomic E-state index is 6.65. The van der Waals surface area contributed by atoms with Crippen LogP contribution in [0.4, 0.5) is 0 Å². The number of ether oxygens (including phenoxy) is 1. The number of benzene rings is 4. The number of para-hydroxylation sites is 3. The molecule has 0 saturated heterocycles. The van der Waals surface area contributed by atoms with Gasteiger partial charge in [-0.25, -0.2) is 9.55 Å². The van der Waals surface area contributed by atoms with Gasteiger partial charge in [0.1, 0.15) is 23.0 Å². The first-order valence-corrected chi connectivity index (χ1v) is 15.3. The van der Waals surface area contributed by atoms with Crippen molar-refractivity contribution in [1.82, 2.24) is 14.1 Å². The number of pyridine rings is 1. The van der Waals surface area contributed by atoms with Crippen LogP contribution in [0, 0.1) is 0 Å². The molecular weight excluding hydrogens is 540 g/mol. The molecule has 0 aliphatic rings. The van der Waals surface area contributed by atoms with Gasteiger partial charge in [0.15, 0.2) is 11.0 Å². The molecule has 0 radical (unpaired) electrons. The lowest BCUT2D eigenvalue weighted by molar-refractivity contribution is -0.645. The van der Waals surface area contributed by atoms with Crippen molar-refractivity contribution in [3.63, 3.8) is 0 Å². The van der Waals surface area contributed by atoms with Gasteiger partial charge in [0.05, 0.1) is 18.1 Å². The van der Waals surface area contributed by atoms with Crippen LogP contribution >= 0.6 is 0 Å². The number of hydrogen-bond acceptors (Lipinski definition) is 2. The van der Waals surface area contributed by atoms with Crippen molar-refractivity contribution in [3.05, 3.63) is 121 Å². The molecule has 0 bridgehead atoms. The largest absolute Gasteiger partial charge is 0.457 e. The summed E-state index contributed by atoms with van der Waals surface area (Å²) in [5.74, 6) is 2.49. The Bertz CT molecular complexity index is 2190. The van der Waals surface area contributed by atoms with Crippen LogP contribution in [0.25, 0.3) is 44.3 Å². The quantitative estimate of drug-likeness (QED) is 0.195. The maximum atomic E-state index is 6.65. The van der Waals surface area contributed by atoms with Gasteiger partial charge in [-0.1, -0.05) is 77.9 Å². The van der Waals surface area contributed by atoms with Gasteiger partial charge in [0, 0.05) is 34.7 Å². The number of fused-ring (bicyclic) bond motifs is 4. The highest BCUT2D eigenvalue weighted by Gasteiger charge is 2.25. The van der Waals surface area contributed by atoms with Crippen LogP contribution in [-0.2, 0) is 17.9 Å². The third-order valence-electron chi connectivity index (χ3n) is 8.57. The normalized spacial score (nSPS) is 12.4. The van der Waals surface area contributed by atoms with Gasteiger partial charge in [-0.05, 0) is 64.9 Å². The van der Waals surface area contributed by atoms with Gasteiger partial charge < -0.3 is 4.74 Å². The Morgan fingerprint density at radius 1 is 0.659 bits per heavy atom. The van der Waals surface area contributed by atoms with E-state index in [1.807, 2.05) is 6.20 Å². The Hall–Kier alpha value is -4.90. The van der Waals surface area contributed by atoms with E-state index in [4.69, 9.17) is 9.72 Å². The van der Waals surface area contributed by atoms with Gasteiger partial charge in [-0.3, -0.25) is 4.57 Å². The molecule has 0 fully saturated rings. The van der Waals surface area contributed by atoms with Crippen LogP contribution < -0.4 is 9.30 Å². The van der Waals surface area contributed by atoms with Crippen molar-refractivity contribution < 1.29 is 9.30 Å². The third-order valence-corrected chi connectivity index (χ3v) is 8.57. The van der Waals surface area contributed by atoms with Gasteiger partial charge in [-0.15, -0.1) is 0 Å². The summed E-state index contributed by atoms with van der Waals surface area (Å²) in [6.45, 7) is 13.5. The monoisotopic (exact) mass is 579 g/mol. The smallest absolute Gasteiger partial charge is 0.249 e. The Kier molecular flexibility index (Phi) is 6.40. The molecule has 0 unspecified atom stereocenters. The van der Waals surface area contributed by atoms with Crippen LogP contribution in [0.2, 0.25) is 0 Å². The van der Waals surface area contributed by atoms with Crippen LogP contribution in [0.15, 0.2) is 110 Å². The zero-order valence-corrected chi connectivity index (χ0v) is 26.6. The van der Waals surface area contributed by atoms with Crippen LogP contribution in [0.3, 0.4) is 0 Å². The summed E-state index contributed by atoms with van der Waals surface area (Å²) in [4.78, 5) is 4.83. The molecule has 3 aromatic heterocycles. The van der Waals surface area contributed by atoms with Crippen LogP contribution in [0.1, 0.15) is 52.7 Å². The second-order valence-corrected chi connectivity index (χ2v) is 13.8. The SMILES string of the molecule is C[n+]1cn(-c2cc(Oc3ccc4c5ccccc5n(-c5cc(C(C)(C)C)ccn5)c4c3)ccc2C(C)(C)C)c2ccccc21. The second kappa shape index (κ2) is 10.1. The molecule has 7 rings (SSSR count). The van der Waals surface area contributed by atoms with Gasteiger partial charge >= 0.3 is 0 Å². The molecule has 0 spiro atoms. The van der Waals surface area contributed by atoms with Crippen molar-refractivity contribution in [2.45, 2.75) is 52.4 Å². The Labute approximate surface area is 259 Å². The summed E-state index contributed by atoms with van der Waals surface area (Å²) in [5, 5.41) is 2.37. The van der Waals surface area contributed by atoms with Gasteiger partial charge in [-0.2, -0.15) is 4.57 Å². The first kappa shape index (κ1) is 27.9. The van der Waals surface area contributed by atoms with E-state index in [-0.39, 0.29) is 10.8 Å². The standard InChI is InChI=1S/C39H39N4O/c1-38(2,3)26-20-21-40-37(22-26)43-32-13-9-8-12-29(32)30-18-16-27(23-35(30)43)44-28-17-19-31(39(4,5)6)36(24-28)42-25-41(7)33-14-10-11-15-34(33)42/h8-25H,1-7H3/q+1. The highest BCUT2D eigenvalue weighted by atomic mass is 16.5. The predicted molar refractivity (Wildman–Crippen MR) is 181 cm³/mol. The summed E-state index contributed by atoms with van der Waals surface area (Å²) in [5.41, 5.74) is 8.12. The maximum Gasteiger partial charge on any atom is 0.249 e. The minimum Gasteiger partial charge on any atom is -0.457 e. The zero-order valence-electron chi connectivity index (χ0n) is 26.6. The molecule has 5 heteroatoms. The average Bonchev–Trinajstić information content (AvgIpc) is 3.50. The fourth-order valence-electron chi connectivity index (χ4n) is 6.27. The zero-order chi connectivity index (χ0) is 30.8. The fourth-order valence-corrected chi connectivity index (χ4v) is 6.27. The van der Waals surface area contributed by atoms with Crippen LogP contribution in [0.5, 0.6) is 11.5 Å². The molecule has 0 saturated carbocycles. The molecule has 5 nitrogen and oxygen atoms in total. The molecule has 3 heterocycles. The van der Waals surface area contributed by atoms with Crippen molar-refractivity contribution in [2.24, 2.45) is 7.05 Å². The molecule has 44 heavy (non-hydrogen) atoms. The molecule has 220 valence electrons. The Morgan fingerprint density at radius 3 is 2.11 bits per heavy atom. The lowest BCUT2D eigenvalue weighted by Gasteiger charge is -2.22. The Morgan fingerprint density at radius 2 is 1.34 bits per heavy atom. The Balaban J connectivity index is 1.37. The number of rotatable bonds is 4. The topological polar surface area (TPSA) is 35.9 Å². The number of imidazole rings is 1. The van der Waals surface area contributed by atoms with E-state index in [0.717, 1.165) is 39.6 Å². The van der Waals surface area contributed by atoms with E-state index < -0.39 is 0 Å². The molecule has 0 amide bonds. The van der Waals surface area contributed by atoms with Crippen molar-refractivity contribution in [2.75, 3.05) is 0 Å². The lowest BCUT2D eigenvalue weighted by atomic mass is 9.85. The average molecular weight is 580 g/mol. The van der Waals surface area contributed by atoms with Crippen molar-refractivity contribution in [3.8, 4) is 23.0 Å². The van der Waals surface area contributed by atoms with Crippen molar-refractivity contribution in [1.29, 1.82) is 0 Å². The highest BCUT2D eigenvalue weighted by Crippen LogP contribution is 2.38. The third kappa shape index (κ3) is 4.73. The van der Waals surface area contributed by atoms with E-state index in [9.17, 15) is 0 Å². The van der Waals surface area contributed by atoms with Gasteiger partial charge in [0.25, 0.3) is 0 Å².